The Morgan fingerprint density at radius 3 is 2.40 bits per heavy atom. The summed E-state index contributed by atoms with van der Waals surface area (Å²) < 4.78 is 0. The molecule has 0 saturated carbocycles. The fourth-order valence-corrected chi connectivity index (χ4v) is 4.18. The van der Waals surface area contributed by atoms with E-state index in [9.17, 15) is 14.4 Å². The van der Waals surface area contributed by atoms with Crippen LogP contribution in [0.5, 0.6) is 0 Å². The van der Waals surface area contributed by atoms with Crippen molar-refractivity contribution >= 4 is 29.2 Å². The van der Waals surface area contributed by atoms with Gasteiger partial charge in [-0.1, -0.05) is 36.4 Å². The lowest BCUT2D eigenvalue weighted by molar-refractivity contribution is -0.133. The van der Waals surface area contributed by atoms with E-state index < -0.39 is 12.1 Å². The smallest absolute Gasteiger partial charge is 0.312 e. The van der Waals surface area contributed by atoms with Gasteiger partial charge in [0, 0.05) is 37.6 Å². The number of carbonyl (C=O) groups is 3. The molecule has 0 spiro atoms. The first-order chi connectivity index (χ1) is 14.5. The minimum atomic E-state index is -0.646. The number of urea groups is 1. The van der Waals surface area contributed by atoms with E-state index in [0.717, 1.165) is 10.4 Å². The number of amides is 4. The van der Waals surface area contributed by atoms with Gasteiger partial charge in [0.2, 0.25) is 11.8 Å². The summed E-state index contributed by atoms with van der Waals surface area (Å²) in [6.45, 7) is 3.21. The molecule has 1 unspecified atom stereocenters. The van der Waals surface area contributed by atoms with Crippen molar-refractivity contribution in [3.05, 3.63) is 58.3 Å². The zero-order valence-corrected chi connectivity index (χ0v) is 17.6. The number of rotatable bonds is 8. The van der Waals surface area contributed by atoms with Gasteiger partial charge < -0.3 is 21.3 Å². The third-order valence-corrected chi connectivity index (χ3v) is 5.99. The third kappa shape index (κ3) is 6.57. The van der Waals surface area contributed by atoms with Crippen LogP contribution in [-0.4, -0.2) is 60.4 Å². The Bertz CT molecular complexity index is 836. The Morgan fingerprint density at radius 2 is 1.77 bits per heavy atom. The summed E-state index contributed by atoms with van der Waals surface area (Å²) in [5.41, 5.74) is 6.33. The monoisotopic (exact) mass is 429 g/mol. The quantitative estimate of drug-likeness (QED) is 0.588. The van der Waals surface area contributed by atoms with Gasteiger partial charge in [-0.05, 0) is 17.0 Å². The topological polar surface area (TPSA) is 108 Å². The molecule has 2 heterocycles. The maximum Gasteiger partial charge on any atom is 0.312 e. The molecule has 1 fully saturated rings. The lowest BCUT2D eigenvalue weighted by Crippen LogP contribution is -2.51. The van der Waals surface area contributed by atoms with Crippen molar-refractivity contribution in [2.24, 2.45) is 5.73 Å². The van der Waals surface area contributed by atoms with E-state index in [-0.39, 0.29) is 18.2 Å². The van der Waals surface area contributed by atoms with Gasteiger partial charge in [-0.2, -0.15) is 0 Å². The minimum Gasteiger partial charge on any atom is -0.352 e. The van der Waals surface area contributed by atoms with E-state index in [1.165, 1.54) is 11.3 Å². The SMILES string of the molecule is NC(=O)NC(CC(=O)N1CCN(CC(=O)NCc2ccccc2)CC1)c1cccs1. The van der Waals surface area contributed by atoms with E-state index in [0.29, 0.717) is 39.3 Å². The second kappa shape index (κ2) is 10.7. The fraction of sp³-hybridized carbons (Fsp3) is 0.381. The van der Waals surface area contributed by atoms with E-state index in [2.05, 4.69) is 10.6 Å². The van der Waals surface area contributed by atoms with Gasteiger partial charge in [-0.3, -0.25) is 14.5 Å². The van der Waals surface area contributed by atoms with Crippen molar-refractivity contribution in [3.63, 3.8) is 0 Å². The van der Waals surface area contributed by atoms with Crippen molar-refractivity contribution in [3.8, 4) is 0 Å². The molecule has 1 aromatic heterocycles. The second-order valence-electron chi connectivity index (χ2n) is 7.20. The molecular weight excluding hydrogens is 402 g/mol. The third-order valence-electron chi connectivity index (χ3n) is 5.01. The zero-order chi connectivity index (χ0) is 21.3. The number of hydrogen-bond acceptors (Lipinski definition) is 5. The van der Waals surface area contributed by atoms with Crippen LogP contribution < -0.4 is 16.4 Å². The molecule has 2 aromatic rings. The van der Waals surface area contributed by atoms with E-state index in [4.69, 9.17) is 5.73 Å². The summed E-state index contributed by atoms with van der Waals surface area (Å²) in [5.74, 6) is -0.0580. The average Bonchev–Trinajstić information content (AvgIpc) is 3.28. The number of hydrogen-bond donors (Lipinski definition) is 3. The standard InChI is InChI=1S/C21H27N5O3S/c22-21(29)24-17(18-7-4-12-30-18)13-20(28)26-10-8-25(9-11-26)15-19(27)23-14-16-5-2-1-3-6-16/h1-7,12,17H,8-11,13-15H2,(H,23,27)(H3,22,24,29). The maximum atomic E-state index is 12.7. The highest BCUT2D eigenvalue weighted by Crippen LogP contribution is 2.23. The summed E-state index contributed by atoms with van der Waals surface area (Å²) in [7, 11) is 0. The summed E-state index contributed by atoms with van der Waals surface area (Å²) in [5, 5.41) is 7.48. The predicted molar refractivity (Wildman–Crippen MR) is 116 cm³/mol. The molecule has 9 heteroatoms. The normalized spacial score (nSPS) is 15.4. The van der Waals surface area contributed by atoms with Gasteiger partial charge in [0.1, 0.15) is 0 Å². The first kappa shape index (κ1) is 21.8. The number of thiophene rings is 1. The molecule has 4 amide bonds. The lowest BCUT2D eigenvalue weighted by Gasteiger charge is -2.35. The molecule has 30 heavy (non-hydrogen) atoms. The molecule has 160 valence electrons. The van der Waals surface area contributed by atoms with Crippen LogP contribution in [0.1, 0.15) is 22.9 Å². The highest BCUT2D eigenvalue weighted by atomic mass is 32.1. The Hall–Kier alpha value is -2.91. The van der Waals surface area contributed by atoms with Crippen molar-refractivity contribution < 1.29 is 14.4 Å². The first-order valence-corrected chi connectivity index (χ1v) is 10.8. The summed E-state index contributed by atoms with van der Waals surface area (Å²) in [6, 6.07) is 12.5. The number of primary amides is 1. The summed E-state index contributed by atoms with van der Waals surface area (Å²) >= 11 is 1.48. The molecule has 1 atom stereocenters. The number of carbonyl (C=O) groups excluding carboxylic acids is 3. The van der Waals surface area contributed by atoms with Crippen LogP contribution in [0.2, 0.25) is 0 Å². The molecule has 1 saturated heterocycles. The largest absolute Gasteiger partial charge is 0.352 e. The number of nitrogens with zero attached hydrogens (tertiary/aromatic N) is 2. The highest BCUT2D eigenvalue weighted by Gasteiger charge is 2.26. The Morgan fingerprint density at radius 1 is 1.03 bits per heavy atom. The molecule has 0 aliphatic carbocycles. The number of piperazine rings is 1. The van der Waals surface area contributed by atoms with Crippen LogP contribution in [0.3, 0.4) is 0 Å². The van der Waals surface area contributed by atoms with Crippen LogP contribution in [-0.2, 0) is 16.1 Å². The molecule has 3 rings (SSSR count). The summed E-state index contributed by atoms with van der Waals surface area (Å²) in [6.07, 6.45) is 0.168. The first-order valence-electron chi connectivity index (χ1n) is 9.91. The van der Waals surface area contributed by atoms with Gasteiger partial charge >= 0.3 is 6.03 Å². The van der Waals surface area contributed by atoms with Crippen LogP contribution in [0, 0.1) is 0 Å². The van der Waals surface area contributed by atoms with E-state index in [1.807, 2.05) is 52.7 Å². The Kier molecular flexibility index (Phi) is 7.81. The second-order valence-corrected chi connectivity index (χ2v) is 8.18. The molecule has 4 N–H and O–H groups in total. The van der Waals surface area contributed by atoms with Gasteiger partial charge in [-0.25, -0.2) is 4.79 Å². The summed E-state index contributed by atoms with van der Waals surface area (Å²) in [4.78, 5) is 40.9. The molecule has 1 aliphatic heterocycles. The molecule has 1 aromatic carbocycles. The van der Waals surface area contributed by atoms with Crippen LogP contribution in [0.15, 0.2) is 47.8 Å². The average molecular weight is 430 g/mol. The van der Waals surface area contributed by atoms with Gasteiger partial charge in [0.15, 0.2) is 0 Å². The number of nitrogens with two attached hydrogens (primary N) is 1. The van der Waals surface area contributed by atoms with Crippen molar-refractivity contribution in [1.29, 1.82) is 0 Å². The fourth-order valence-electron chi connectivity index (χ4n) is 3.40. The zero-order valence-electron chi connectivity index (χ0n) is 16.8. The molecular formula is C21H27N5O3S. The minimum absolute atomic E-state index is 0.0259. The van der Waals surface area contributed by atoms with Crippen LogP contribution >= 0.6 is 11.3 Å². The van der Waals surface area contributed by atoms with Crippen molar-refractivity contribution in [1.82, 2.24) is 20.4 Å². The van der Waals surface area contributed by atoms with E-state index >= 15 is 0 Å². The maximum absolute atomic E-state index is 12.7. The number of benzene rings is 1. The number of nitrogens with one attached hydrogen (secondary N) is 2. The lowest BCUT2D eigenvalue weighted by atomic mass is 10.1. The molecule has 8 nitrogen and oxygen atoms in total. The van der Waals surface area contributed by atoms with Crippen molar-refractivity contribution in [2.75, 3.05) is 32.7 Å². The van der Waals surface area contributed by atoms with Crippen LogP contribution in [0.25, 0.3) is 0 Å². The molecule has 0 bridgehead atoms. The Balaban J connectivity index is 1.42. The van der Waals surface area contributed by atoms with Gasteiger partial charge in [-0.15, -0.1) is 11.3 Å². The molecule has 1 aliphatic rings. The van der Waals surface area contributed by atoms with Gasteiger partial charge in [0.25, 0.3) is 0 Å². The molecule has 0 radical (unpaired) electrons. The predicted octanol–water partition coefficient (Wildman–Crippen LogP) is 1.31. The Labute approximate surface area is 180 Å². The van der Waals surface area contributed by atoms with E-state index in [1.54, 1.807) is 4.90 Å². The highest BCUT2D eigenvalue weighted by molar-refractivity contribution is 7.10. The van der Waals surface area contributed by atoms with Crippen LogP contribution in [0.4, 0.5) is 4.79 Å². The van der Waals surface area contributed by atoms with Gasteiger partial charge in [0.05, 0.1) is 19.0 Å². The van der Waals surface area contributed by atoms with Crippen molar-refractivity contribution in [2.45, 2.75) is 19.0 Å².